The maximum absolute atomic E-state index is 14.3. The Hall–Kier alpha value is -5.48. The van der Waals surface area contributed by atoms with Crippen molar-refractivity contribution in [2.75, 3.05) is 37.1 Å². The van der Waals surface area contributed by atoms with Gasteiger partial charge in [-0.1, -0.05) is 29.8 Å². The highest BCUT2D eigenvalue weighted by molar-refractivity contribution is 6.25. The number of aliphatic hydroxyl groups is 1. The van der Waals surface area contributed by atoms with Gasteiger partial charge in [0.2, 0.25) is 11.8 Å². The van der Waals surface area contributed by atoms with E-state index in [-0.39, 0.29) is 43.0 Å². The van der Waals surface area contributed by atoms with Gasteiger partial charge < -0.3 is 14.7 Å². The number of nitrogens with zero attached hydrogens (tertiary/aromatic N) is 4. The molecule has 4 unspecified atom stereocenters. The third-order valence-corrected chi connectivity index (χ3v) is 9.90. The summed E-state index contributed by atoms with van der Waals surface area (Å²) in [4.78, 5) is 58.7. The van der Waals surface area contributed by atoms with E-state index in [1.165, 1.54) is 11.0 Å². The van der Waals surface area contributed by atoms with Crippen LogP contribution in [0.4, 0.5) is 22.7 Å². The number of Topliss-reactive ketones (excluding diaryl/α,β-unsaturated/α-hetero) is 1. The highest BCUT2D eigenvalue weighted by Gasteiger charge is 2.56. The van der Waals surface area contributed by atoms with E-state index in [0.29, 0.717) is 51.5 Å². The Kier molecular flexibility index (Phi) is 8.42. The van der Waals surface area contributed by atoms with Crippen molar-refractivity contribution in [3.63, 3.8) is 0 Å². The number of azo groups is 1. The first kappa shape index (κ1) is 32.1. The number of allylic oxidation sites excluding steroid dienone is 6. The lowest BCUT2D eigenvalue weighted by atomic mass is 9.59. The van der Waals surface area contributed by atoms with Crippen LogP contribution < -0.4 is 14.5 Å². The van der Waals surface area contributed by atoms with Crippen molar-refractivity contribution in [3.05, 3.63) is 113 Å². The molecule has 49 heavy (non-hydrogen) atoms. The molecule has 4 aliphatic rings. The number of carbonyl (C=O) groups excluding carboxylic acids is 4. The molecule has 0 saturated carbocycles. The van der Waals surface area contributed by atoms with Crippen LogP contribution in [0.15, 0.2) is 117 Å². The van der Waals surface area contributed by atoms with Crippen LogP contribution in [0.2, 0.25) is 0 Å². The Morgan fingerprint density at radius 2 is 1.55 bits per heavy atom. The molecule has 3 aliphatic carbocycles. The SMILES string of the molecule is CC1=CC(=O)C2=C(C1=O)C(c1ccccc1OCCO)C1=CCC3C(=O)N(c4ccc(N=Nc5ccc(N(C)C)cc5)cc4)C(=O)C3C1C2. The summed E-state index contributed by atoms with van der Waals surface area (Å²) in [5.74, 6) is -2.98. The number of imide groups is 1. The van der Waals surface area contributed by atoms with Crippen molar-refractivity contribution in [2.24, 2.45) is 28.0 Å². The number of anilines is 2. The van der Waals surface area contributed by atoms with Crippen molar-refractivity contribution in [1.29, 1.82) is 0 Å². The number of benzene rings is 3. The summed E-state index contributed by atoms with van der Waals surface area (Å²) < 4.78 is 5.90. The minimum Gasteiger partial charge on any atom is -0.491 e. The molecule has 7 rings (SSSR count). The van der Waals surface area contributed by atoms with Gasteiger partial charge in [0.25, 0.3) is 0 Å². The third kappa shape index (κ3) is 5.61. The van der Waals surface area contributed by atoms with Crippen molar-refractivity contribution in [2.45, 2.75) is 25.7 Å². The van der Waals surface area contributed by atoms with E-state index in [1.54, 1.807) is 37.3 Å². The number of hydrogen-bond donors (Lipinski definition) is 1. The molecule has 0 radical (unpaired) electrons. The van der Waals surface area contributed by atoms with Crippen LogP contribution in [0.5, 0.6) is 5.75 Å². The summed E-state index contributed by atoms with van der Waals surface area (Å²) in [6.45, 7) is 1.50. The van der Waals surface area contributed by atoms with E-state index in [4.69, 9.17) is 4.74 Å². The quantitative estimate of drug-likeness (QED) is 0.133. The first-order chi connectivity index (χ1) is 23.7. The number of amides is 2. The molecule has 3 aromatic rings. The monoisotopic (exact) mass is 656 g/mol. The number of para-hydroxylation sites is 1. The van der Waals surface area contributed by atoms with Gasteiger partial charge in [-0.25, -0.2) is 0 Å². The van der Waals surface area contributed by atoms with E-state index < -0.39 is 23.7 Å². The van der Waals surface area contributed by atoms with Crippen molar-refractivity contribution in [3.8, 4) is 5.75 Å². The molecular formula is C39H36N4O6. The van der Waals surface area contributed by atoms with Crippen molar-refractivity contribution in [1.82, 2.24) is 0 Å². The average molecular weight is 657 g/mol. The Balaban J connectivity index is 1.20. The summed E-state index contributed by atoms with van der Waals surface area (Å²) in [5, 5.41) is 18.1. The van der Waals surface area contributed by atoms with Gasteiger partial charge >= 0.3 is 0 Å². The van der Waals surface area contributed by atoms with Crippen LogP contribution in [0, 0.1) is 17.8 Å². The lowest BCUT2D eigenvalue weighted by molar-refractivity contribution is -0.123. The fourth-order valence-electron chi connectivity index (χ4n) is 7.58. The Bertz CT molecular complexity index is 1990. The zero-order valence-electron chi connectivity index (χ0n) is 27.5. The molecule has 1 saturated heterocycles. The average Bonchev–Trinajstić information content (AvgIpc) is 3.37. The molecular weight excluding hydrogens is 620 g/mol. The predicted molar refractivity (Wildman–Crippen MR) is 184 cm³/mol. The molecule has 3 aromatic carbocycles. The maximum atomic E-state index is 14.3. The van der Waals surface area contributed by atoms with Gasteiger partial charge in [-0.05, 0) is 86.4 Å². The lowest BCUT2D eigenvalue weighted by Crippen LogP contribution is -2.40. The number of ketones is 2. The Morgan fingerprint density at radius 3 is 2.22 bits per heavy atom. The second kappa shape index (κ2) is 12.9. The summed E-state index contributed by atoms with van der Waals surface area (Å²) in [7, 11) is 3.93. The molecule has 10 heteroatoms. The summed E-state index contributed by atoms with van der Waals surface area (Å²) in [6.07, 6.45) is 3.87. The van der Waals surface area contributed by atoms with Gasteiger partial charge in [0.1, 0.15) is 12.4 Å². The molecule has 1 fully saturated rings. The second-order valence-electron chi connectivity index (χ2n) is 13.0. The third-order valence-electron chi connectivity index (χ3n) is 9.90. The molecule has 0 spiro atoms. The molecule has 2 amide bonds. The topological polar surface area (TPSA) is 129 Å². The number of rotatable bonds is 8. The molecule has 10 nitrogen and oxygen atoms in total. The number of fused-ring (bicyclic) bond motifs is 3. The number of carbonyl (C=O) groups is 4. The van der Waals surface area contributed by atoms with Crippen LogP contribution >= 0.6 is 0 Å². The molecule has 4 atom stereocenters. The summed E-state index contributed by atoms with van der Waals surface area (Å²) >= 11 is 0. The van der Waals surface area contributed by atoms with Crippen LogP contribution in [0.25, 0.3) is 0 Å². The predicted octanol–water partition coefficient (Wildman–Crippen LogP) is 6.17. The van der Waals surface area contributed by atoms with E-state index in [2.05, 4.69) is 10.2 Å². The van der Waals surface area contributed by atoms with Crippen LogP contribution in [-0.4, -0.2) is 55.8 Å². The van der Waals surface area contributed by atoms with E-state index in [1.807, 2.05) is 67.5 Å². The highest BCUT2D eigenvalue weighted by atomic mass is 16.5. The lowest BCUT2D eigenvalue weighted by Gasteiger charge is -2.42. The van der Waals surface area contributed by atoms with E-state index >= 15 is 0 Å². The smallest absolute Gasteiger partial charge is 0.238 e. The largest absolute Gasteiger partial charge is 0.491 e. The molecule has 0 aromatic heterocycles. The van der Waals surface area contributed by atoms with Crippen LogP contribution in [0.3, 0.4) is 0 Å². The molecule has 1 N–H and O–H groups in total. The van der Waals surface area contributed by atoms with Gasteiger partial charge in [-0.15, -0.1) is 0 Å². The number of aliphatic hydroxyl groups excluding tert-OH is 1. The van der Waals surface area contributed by atoms with Crippen LogP contribution in [-0.2, 0) is 19.2 Å². The Morgan fingerprint density at radius 1 is 0.878 bits per heavy atom. The highest BCUT2D eigenvalue weighted by Crippen LogP contribution is 2.56. The zero-order valence-corrected chi connectivity index (χ0v) is 27.5. The minimum absolute atomic E-state index is 0.0562. The van der Waals surface area contributed by atoms with Gasteiger partial charge in [0.15, 0.2) is 11.6 Å². The minimum atomic E-state index is -0.700. The number of hydrogen-bond acceptors (Lipinski definition) is 9. The van der Waals surface area contributed by atoms with Crippen molar-refractivity contribution < 1.29 is 29.0 Å². The summed E-state index contributed by atoms with van der Waals surface area (Å²) in [5.41, 5.74) is 5.42. The molecule has 248 valence electrons. The molecule has 1 heterocycles. The standard InChI is InChI=1S/C39H36N4O6/c1-22-20-32(45)31-21-30-27(34(36(31)37(22)46)28-6-4-5-7-33(28)49-19-18-44)16-17-29-35(30)39(48)43(38(29)47)26-14-10-24(11-15-26)41-40-23-8-12-25(13-9-23)42(2)3/h4-16,20,29-30,34-35,44H,17-19,21H2,1-3H3. The van der Waals surface area contributed by atoms with Crippen LogP contribution in [0.1, 0.15) is 31.2 Å². The molecule has 0 bridgehead atoms. The van der Waals surface area contributed by atoms with Gasteiger partial charge in [0, 0.05) is 48.0 Å². The second-order valence-corrected chi connectivity index (χ2v) is 13.0. The fourth-order valence-corrected chi connectivity index (χ4v) is 7.58. The zero-order chi connectivity index (χ0) is 34.4. The van der Waals surface area contributed by atoms with E-state index in [9.17, 15) is 24.3 Å². The fraction of sp³-hybridized carbons (Fsp3) is 0.282. The van der Waals surface area contributed by atoms with Crippen molar-refractivity contribution >= 4 is 46.1 Å². The maximum Gasteiger partial charge on any atom is 0.238 e. The van der Waals surface area contributed by atoms with E-state index in [0.717, 1.165) is 11.3 Å². The number of ether oxygens (including phenoxy) is 1. The van der Waals surface area contributed by atoms with Gasteiger partial charge in [0.05, 0.1) is 35.5 Å². The van der Waals surface area contributed by atoms with Gasteiger partial charge in [-0.2, -0.15) is 10.2 Å². The molecule has 1 aliphatic heterocycles. The normalized spacial score (nSPS) is 23.3. The first-order valence-electron chi connectivity index (χ1n) is 16.4. The summed E-state index contributed by atoms with van der Waals surface area (Å²) in [6, 6.07) is 21.8. The Labute approximate surface area is 284 Å². The van der Waals surface area contributed by atoms with Gasteiger partial charge in [-0.3, -0.25) is 24.1 Å². The first-order valence-corrected chi connectivity index (χ1v) is 16.4.